The normalized spacial score (nSPS) is 10.0. The Hall–Kier alpha value is -0.750. The summed E-state index contributed by atoms with van der Waals surface area (Å²) in [6.45, 7) is 3.14. The molecule has 0 bridgehead atoms. The predicted octanol–water partition coefficient (Wildman–Crippen LogP) is 3.16. The highest BCUT2D eigenvalue weighted by atomic mass is 79.9. The number of hydrogen-bond acceptors (Lipinski definition) is 3. The molecule has 0 aliphatic carbocycles. The fourth-order valence-electron chi connectivity index (χ4n) is 1.42. The minimum absolute atomic E-state index is 0.0465. The van der Waals surface area contributed by atoms with Crippen LogP contribution in [0.2, 0.25) is 0 Å². The average molecular weight is 380 g/mol. The largest absolute Gasteiger partial charge is 0.495 e. The molecular weight excluding hydrogens is 364 g/mol. The van der Waals surface area contributed by atoms with Gasteiger partial charge in [-0.15, -0.1) is 0 Å². The highest BCUT2D eigenvalue weighted by Gasteiger charge is 2.07. The van der Waals surface area contributed by atoms with Crippen LogP contribution in [0.15, 0.2) is 21.1 Å². The van der Waals surface area contributed by atoms with Crippen molar-refractivity contribution in [3.8, 4) is 5.75 Å². The van der Waals surface area contributed by atoms with E-state index in [9.17, 15) is 4.79 Å². The van der Waals surface area contributed by atoms with Crippen LogP contribution in [0, 0.1) is 0 Å². The first-order valence-electron chi connectivity index (χ1n) is 5.62. The van der Waals surface area contributed by atoms with Crippen molar-refractivity contribution in [2.75, 3.05) is 25.5 Å². The van der Waals surface area contributed by atoms with E-state index in [-0.39, 0.29) is 5.91 Å². The van der Waals surface area contributed by atoms with E-state index in [2.05, 4.69) is 42.5 Å². The van der Waals surface area contributed by atoms with E-state index in [0.29, 0.717) is 19.5 Å². The second-order valence-electron chi connectivity index (χ2n) is 3.60. The van der Waals surface area contributed by atoms with Gasteiger partial charge in [0.25, 0.3) is 0 Å². The number of hydrogen-bond donors (Lipinski definition) is 2. The quantitative estimate of drug-likeness (QED) is 0.798. The first-order valence-corrected chi connectivity index (χ1v) is 7.20. The minimum atomic E-state index is 0.0465. The van der Waals surface area contributed by atoms with Crippen LogP contribution in [0.4, 0.5) is 5.69 Å². The van der Waals surface area contributed by atoms with Gasteiger partial charge in [0.05, 0.1) is 17.3 Å². The molecule has 1 aromatic rings. The molecule has 0 spiro atoms. The molecule has 2 N–H and O–H groups in total. The molecule has 1 rings (SSSR count). The van der Waals surface area contributed by atoms with Crippen LogP contribution < -0.4 is 15.4 Å². The van der Waals surface area contributed by atoms with Gasteiger partial charge in [0, 0.05) is 30.0 Å². The Morgan fingerprint density at radius 1 is 1.33 bits per heavy atom. The molecule has 0 radical (unpaired) electrons. The Bertz CT molecular complexity index is 425. The summed E-state index contributed by atoms with van der Waals surface area (Å²) >= 11 is 6.87. The molecule has 1 aromatic carbocycles. The molecule has 0 aliphatic heterocycles. The summed E-state index contributed by atoms with van der Waals surface area (Å²) in [5.74, 6) is 0.795. The van der Waals surface area contributed by atoms with Crippen molar-refractivity contribution in [3.63, 3.8) is 0 Å². The van der Waals surface area contributed by atoms with Crippen molar-refractivity contribution in [3.05, 3.63) is 21.1 Å². The number of ether oxygens (including phenoxy) is 1. The number of carbonyl (C=O) groups excluding carboxylic acids is 1. The van der Waals surface area contributed by atoms with Gasteiger partial charge in [-0.25, -0.2) is 0 Å². The molecule has 6 heteroatoms. The smallest absolute Gasteiger partial charge is 0.221 e. The molecule has 100 valence electrons. The summed E-state index contributed by atoms with van der Waals surface area (Å²) in [7, 11) is 1.62. The van der Waals surface area contributed by atoms with Crippen LogP contribution in [0.5, 0.6) is 5.75 Å². The molecule has 0 atom stereocenters. The van der Waals surface area contributed by atoms with Crippen LogP contribution >= 0.6 is 31.9 Å². The van der Waals surface area contributed by atoms with Gasteiger partial charge in [-0.05, 0) is 44.8 Å². The van der Waals surface area contributed by atoms with Crippen LogP contribution in [0.1, 0.15) is 13.3 Å². The van der Waals surface area contributed by atoms with Gasteiger partial charge in [0.1, 0.15) is 5.75 Å². The fourth-order valence-corrected chi connectivity index (χ4v) is 2.71. The van der Waals surface area contributed by atoms with Crippen LogP contribution in [0.25, 0.3) is 0 Å². The van der Waals surface area contributed by atoms with Crippen molar-refractivity contribution in [1.29, 1.82) is 0 Å². The first kappa shape index (κ1) is 15.3. The molecule has 18 heavy (non-hydrogen) atoms. The van der Waals surface area contributed by atoms with E-state index >= 15 is 0 Å². The third kappa shape index (κ3) is 4.49. The number of nitrogens with one attached hydrogen (secondary N) is 2. The number of carbonyl (C=O) groups is 1. The third-order valence-corrected chi connectivity index (χ3v) is 3.56. The van der Waals surface area contributed by atoms with Crippen molar-refractivity contribution in [2.45, 2.75) is 13.3 Å². The maximum atomic E-state index is 11.3. The van der Waals surface area contributed by atoms with Gasteiger partial charge >= 0.3 is 0 Å². The van der Waals surface area contributed by atoms with Gasteiger partial charge in [-0.3, -0.25) is 4.79 Å². The Morgan fingerprint density at radius 3 is 2.67 bits per heavy atom. The second kappa shape index (κ2) is 7.63. The van der Waals surface area contributed by atoms with E-state index in [1.807, 2.05) is 19.1 Å². The first-order chi connectivity index (χ1) is 8.58. The number of halogens is 2. The lowest BCUT2D eigenvalue weighted by Crippen LogP contribution is -2.24. The van der Waals surface area contributed by atoms with E-state index in [4.69, 9.17) is 4.74 Å². The Morgan fingerprint density at radius 2 is 2.06 bits per heavy atom. The van der Waals surface area contributed by atoms with Crippen molar-refractivity contribution in [2.24, 2.45) is 0 Å². The molecule has 4 nitrogen and oxygen atoms in total. The van der Waals surface area contributed by atoms with Gasteiger partial charge in [-0.2, -0.15) is 0 Å². The zero-order valence-electron chi connectivity index (χ0n) is 10.3. The zero-order valence-corrected chi connectivity index (χ0v) is 13.5. The number of rotatable bonds is 6. The van der Waals surface area contributed by atoms with Crippen LogP contribution in [-0.4, -0.2) is 26.1 Å². The summed E-state index contributed by atoms with van der Waals surface area (Å²) < 4.78 is 7.02. The average Bonchev–Trinajstić information content (AvgIpc) is 2.32. The Kier molecular flexibility index (Phi) is 6.49. The lowest BCUT2D eigenvalue weighted by Gasteiger charge is -2.11. The lowest BCUT2D eigenvalue weighted by molar-refractivity contribution is -0.120. The molecule has 0 fully saturated rings. The number of methoxy groups -OCH3 is 1. The monoisotopic (exact) mass is 378 g/mol. The van der Waals surface area contributed by atoms with E-state index in [1.54, 1.807) is 7.11 Å². The molecule has 0 heterocycles. The summed E-state index contributed by atoms with van der Waals surface area (Å²) in [6.07, 6.45) is 0.443. The van der Waals surface area contributed by atoms with Crippen molar-refractivity contribution >= 4 is 43.5 Å². The lowest BCUT2D eigenvalue weighted by atomic mass is 10.3. The summed E-state index contributed by atoms with van der Waals surface area (Å²) in [5.41, 5.74) is 0.902. The molecule has 0 unspecified atom stereocenters. The summed E-state index contributed by atoms with van der Waals surface area (Å²) in [6, 6.07) is 3.79. The van der Waals surface area contributed by atoms with Gasteiger partial charge in [0.2, 0.25) is 5.91 Å². The molecule has 0 saturated heterocycles. The molecular formula is C12H16Br2N2O2. The summed E-state index contributed by atoms with van der Waals surface area (Å²) in [4.78, 5) is 11.3. The van der Waals surface area contributed by atoms with Gasteiger partial charge in [0.15, 0.2) is 0 Å². The van der Waals surface area contributed by atoms with Crippen molar-refractivity contribution < 1.29 is 9.53 Å². The Labute approximate surface area is 124 Å². The van der Waals surface area contributed by atoms with Crippen molar-refractivity contribution in [1.82, 2.24) is 5.32 Å². The molecule has 0 saturated carbocycles. The number of amides is 1. The fraction of sp³-hybridized carbons (Fsp3) is 0.417. The van der Waals surface area contributed by atoms with Crippen LogP contribution in [0.3, 0.4) is 0 Å². The summed E-state index contributed by atoms with van der Waals surface area (Å²) in [5, 5.41) is 5.95. The number of benzene rings is 1. The Balaban J connectivity index is 2.59. The second-order valence-corrected chi connectivity index (χ2v) is 5.31. The third-order valence-electron chi connectivity index (χ3n) is 2.28. The maximum Gasteiger partial charge on any atom is 0.221 e. The SMILES string of the molecule is CCNC(=O)CCNc1cc(OC)c(Br)cc1Br. The van der Waals surface area contributed by atoms with Gasteiger partial charge in [-0.1, -0.05) is 0 Å². The zero-order chi connectivity index (χ0) is 13.5. The highest BCUT2D eigenvalue weighted by molar-refractivity contribution is 9.11. The van der Waals surface area contributed by atoms with E-state index < -0.39 is 0 Å². The van der Waals surface area contributed by atoms with E-state index in [0.717, 1.165) is 20.4 Å². The maximum absolute atomic E-state index is 11.3. The standard InChI is InChI=1S/C12H16Br2N2O2/c1-3-15-12(17)4-5-16-10-7-11(18-2)9(14)6-8(10)13/h6-7,16H,3-5H2,1-2H3,(H,15,17). The molecule has 1 amide bonds. The topological polar surface area (TPSA) is 50.4 Å². The molecule has 0 aromatic heterocycles. The number of anilines is 1. The van der Waals surface area contributed by atoms with Crippen LogP contribution in [-0.2, 0) is 4.79 Å². The highest BCUT2D eigenvalue weighted by Crippen LogP contribution is 2.34. The predicted molar refractivity (Wildman–Crippen MR) is 80.2 cm³/mol. The minimum Gasteiger partial charge on any atom is -0.495 e. The van der Waals surface area contributed by atoms with E-state index in [1.165, 1.54) is 0 Å². The van der Waals surface area contributed by atoms with Gasteiger partial charge < -0.3 is 15.4 Å². The molecule has 0 aliphatic rings.